The Balaban J connectivity index is 1.33. The molecule has 0 saturated carbocycles. The van der Waals surface area contributed by atoms with E-state index in [2.05, 4.69) is 20.5 Å². The normalized spacial score (nSPS) is 10.5. The minimum Gasteiger partial charge on any atom is -0.497 e. The number of methoxy groups -OCH3 is 1. The molecule has 2 aromatic carbocycles. The fourth-order valence-corrected chi connectivity index (χ4v) is 2.86. The lowest BCUT2D eigenvalue weighted by Crippen LogP contribution is -2.11. The molecule has 0 aliphatic rings. The van der Waals surface area contributed by atoms with Crippen LogP contribution in [0.3, 0.4) is 0 Å². The number of ether oxygens (including phenoxy) is 2. The molecule has 4 rings (SSSR count). The zero-order chi connectivity index (χ0) is 21.6. The molecule has 156 valence electrons. The molecule has 2 heterocycles. The third-order valence-corrected chi connectivity index (χ3v) is 4.47. The van der Waals surface area contributed by atoms with E-state index in [1.165, 1.54) is 12.3 Å². The zero-order valence-electron chi connectivity index (χ0n) is 16.4. The van der Waals surface area contributed by atoms with E-state index in [1.807, 2.05) is 24.3 Å². The Hall–Kier alpha value is -3.91. The van der Waals surface area contributed by atoms with Gasteiger partial charge in [-0.1, -0.05) is 11.6 Å². The van der Waals surface area contributed by atoms with Crippen LogP contribution in [0.15, 0.2) is 71.3 Å². The molecule has 9 heteroatoms. The van der Waals surface area contributed by atoms with Crippen LogP contribution in [0.2, 0.25) is 5.15 Å². The monoisotopic (exact) mass is 436 g/mol. The van der Waals surface area contributed by atoms with Gasteiger partial charge in [0.25, 0.3) is 11.8 Å². The van der Waals surface area contributed by atoms with Crippen LogP contribution >= 0.6 is 11.6 Å². The molecule has 8 nitrogen and oxygen atoms in total. The average molecular weight is 437 g/mol. The first kappa shape index (κ1) is 20.4. The van der Waals surface area contributed by atoms with E-state index in [9.17, 15) is 4.79 Å². The van der Waals surface area contributed by atoms with Gasteiger partial charge in [-0.25, -0.2) is 4.98 Å². The summed E-state index contributed by atoms with van der Waals surface area (Å²) in [5.41, 5.74) is 1.82. The van der Waals surface area contributed by atoms with Crippen molar-refractivity contribution < 1.29 is 18.7 Å². The van der Waals surface area contributed by atoms with E-state index < -0.39 is 0 Å². The van der Waals surface area contributed by atoms with Gasteiger partial charge in [0.2, 0.25) is 5.89 Å². The number of carbonyl (C=O) groups excluding carboxylic acids is 1. The highest BCUT2D eigenvalue weighted by Gasteiger charge is 2.10. The van der Waals surface area contributed by atoms with Crippen LogP contribution in [0.1, 0.15) is 16.2 Å². The van der Waals surface area contributed by atoms with Crippen LogP contribution in [-0.2, 0) is 6.61 Å². The lowest BCUT2D eigenvalue weighted by atomic mass is 10.2. The number of anilines is 1. The molecule has 0 aliphatic heterocycles. The topological polar surface area (TPSA) is 99.4 Å². The van der Waals surface area contributed by atoms with E-state index in [0.29, 0.717) is 28.8 Å². The Bertz CT molecular complexity index is 1180. The van der Waals surface area contributed by atoms with Gasteiger partial charge in [-0.15, -0.1) is 10.2 Å². The summed E-state index contributed by atoms with van der Waals surface area (Å²) < 4.78 is 16.5. The second kappa shape index (κ2) is 9.27. The van der Waals surface area contributed by atoms with E-state index >= 15 is 0 Å². The molecule has 31 heavy (non-hydrogen) atoms. The number of hydrogen-bond acceptors (Lipinski definition) is 7. The minimum atomic E-state index is -0.283. The lowest BCUT2D eigenvalue weighted by molar-refractivity contribution is 0.102. The number of halogens is 1. The molecule has 0 spiro atoms. The van der Waals surface area contributed by atoms with Crippen LogP contribution in [0.4, 0.5) is 5.69 Å². The first-order valence-electron chi connectivity index (χ1n) is 9.23. The molecule has 0 unspecified atom stereocenters. The molecule has 0 saturated heterocycles. The standard InChI is InChI=1S/C22H17ClN4O4/c1-29-17-6-2-14(3-7-17)22-27-26-20(31-22)13-30-18-8-4-16(5-9-18)25-21(28)15-10-11-24-19(23)12-15/h2-12H,13H2,1H3,(H,25,28). The second-order valence-corrected chi connectivity index (χ2v) is 6.75. The summed E-state index contributed by atoms with van der Waals surface area (Å²) in [6.07, 6.45) is 1.48. The molecule has 0 aliphatic carbocycles. The Morgan fingerprint density at radius 3 is 2.48 bits per heavy atom. The van der Waals surface area contributed by atoms with Gasteiger partial charge in [-0.3, -0.25) is 4.79 Å². The molecule has 0 fully saturated rings. The summed E-state index contributed by atoms with van der Waals surface area (Å²) in [5.74, 6) is 1.80. The van der Waals surface area contributed by atoms with Gasteiger partial charge in [0.15, 0.2) is 6.61 Å². The highest BCUT2D eigenvalue weighted by atomic mass is 35.5. The third kappa shape index (κ3) is 5.18. The maximum Gasteiger partial charge on any atom is 0.255 e. The number of amides is 1. The molecule has 0 atom stereocenters. The summed E-state index contributed by atoms with van der Waals surface area (Å²) in [6.45, 7) is 0.115. The Labute approximate surface area is 182 Å². The highest BCUT2D eigenvalue weighted by molar-refractivity contribution is 6.29. The molecule has 2 aromatic heterocycles. The van der Waals surface area contributed by atoms with Crippen molar-refractivity contribution in [3.05, 3.63) is 83.5 Å². The van der Waals surface area contributed by atoms with Crippen molar-refractivity contribution in [2.75, 3.05) is 12.4 Å². The second-order valence-electron chi connectivity index (χ2n) is 6.36. The van der Waals surface area contributed by atoms with Gasteiger partial charge < -0.3 is 19.2 Å². The first-order valence-corrected chi connectivity index (χ1v) is 9.61. The van der Waals surface area contributed by atoms with Crippen molar-refractivity contribution in [2.24, 2.45) is 0 Å². The Morgan fingerprint density at radius 2 is 1.77 bits per heavy atom. The maximum absolute atomic E-state index is 12.3. The van der Waals surface area contributed by atoms with Gasteiger partial charge in [-0.2, -0.15) is 0 Å². The van der Waals surface area contributed by atoms with Crippen LogP contribution in [-0.4, -0.2) is 28.2 Å². The average Bonchev–Trinajstić information content (AvgIpc) is 3.28. The first-order chi connectivity index (χ1) is 15.1. The Kier molecular flexibility index (Phi) is 6.09. The summed E-state index contributed by atoms with van der Waals surface area (Å²) >= 11 is 5.82. The molecule has 1 N–H and O–H groups in total. The number of hydrogen-bond donors (Lipinski definition) is 1. The van der Waals surface area contributed by atoms with Gasteiger partial charge in [0.05, 0.1) is 7.11 Å². The number of aromatic nitrogens is 3. The van der Waals surface area contributed by atoms with Gasteiger partial charge in [0.1, 0.15) is 16.7 Å². The van der Waals surface area contributed by atoms with Crippen molar-refractivity contribution in [3.8, 4) is 23.0 Å². The fraction of sp³-hybridized carbons (Fsp3) is 0.0909. The van der Waals surface area contributed by atoms with Crippen molar-refractivity contribution in [2.45, 2.75) is 6.61 Å². The van der Waals surface area contributed by atoms with Crippen LogP contribution in [0.5, 0.6) is 11.5 Å². The van der Waals surface area contributed by atoms with Crippen LogP contribution < -0.4 is 14.8 Å². The van der Waals surface area contributed by atoms with Crippen molar-refractivity contribution >= 4 is 23.2 Å². The fourth-order valence-electron chi connectivity index (χ4n) is 2.69. The number of rotatable bonds is 7. The molecular formula is C22H17ClN4O4. The number of nitrogens with one attached hydrogen (secondary N) is 1. The maximum atomic E-state index is 12.3. The third-order valence-electron chi connectivity index (χ3n) is 4.27. The summed E-state index contributed by atoms with van der Waals surface area (Å²) in [7, 11) is 1.61. The number of carbonyl (C=O) groups is 1. The van der Waals surface area contributed by atoms with Crippen molar-refractivity contribution in [3.63, 3.8) is 0 Å². The van der Waals surface area contributed by atoms with Gasteiger partial charge in [-0.05, 0) is 60.7 Å². The number of nitrogens with zero attached hydrogens (tertiary/aromatic N) is 3. The van der Waals surface area contributed by atoms with Crippen LogP contribution in [0.25, 0.3) is 11.5 Å². The van der Waals surface area contributed by atoms with E-state index in [1.54, 1.807) is 37.4 Å². The van der Waals surface area contributed by atoms with Crippen molar-refractivity contribution in [1.82, 2.24) is 15.2 Å². The predicted octanol–water partition coefficient (Wildman–Crippen LogP) is 4.62. The van der Waals surface area contributed by atoms with Gasteiger partial charge >= 0.3 is 0 Å². The van der Waals surface area contributed by atoms with Crippen LogP contribution in [0, 0.1) is 0 Å². The van der Waals surface area contributed by atoms with E-state index in [4.69, 9.17) is 25.5 Å². The smallest absolute Gasteiger partial charge is 0.255 e. The zero-order valence-corrected chi connectivity index (χ0v) is 17.2. The SMILES string of the molecule is COc1ccc(-c2nnc(COc3ccc(NC(=O)c4ccnc(Cl)c4)cc3)o2)cc1. The quantitative estimate of drug-likeness (QED) is 0.422. The largest absolute Gasteiger partial charge is 0.497 e. The molecular weight excluding hydrogens is 420 g/mol. The lowest BCUT2D eigenvalue weighted by Gasteiger charge is -2.07. The highest BCUT2D eigenvalue weighted by Crippen LogP contribution is 2.22. The van der Waals surface area contributed by atoms with E-state index in [0.717, 1.165) is 11.3 Å². The summed E-state index contributed by atoms with van der Waals surface area (Å²) in [5, 5.41) is 11.1. The summed E-state index contributed by atoms with van der Waals surface area (Å²) in [6, 6.07) is 17.3. The van der Waals surface area contributed by atoms with Crippen molar-refractivity contribution in [1.29, 1.82) is 0 Å². The molecule has 4 aromatic rings. The summed E-state index contributed by atoms with van der Waals surface area (Å²) in [4.78, 5) is 16.1. The predicted molar refractivity (Wildman–Crippen MR) is 114 cm³/mol. The molecule has 0 bridgehead atoms. The Morgan fingerprint density at radius 1 is 1.03 bits per heavy atom. The number of benzene rings is 2. The molecule has 0 radical (unpaired) electrons. The minimum absolute atomic E-state index is 0.115. The molecule has 1 amide bonds. The number of pyridine rings is 1. The van der Waals surface area contributed by atoms with E-state index in [-0.39, 0.29) is 17.7 Å². The van der Waals surface area contributed by atoms with Gasteiger partial charge in [0, 0.05) is 23.0 Å².